The first-order chi connectivity index (χ1) is 10.5. The number of nitrogens with one attached hydrogen (secondary N) is 1. The zero-order valence-electron chi connectivity index (χ0n) is 12.2. The molecule has 0 fully saturated rings. The molecule has 8 heteroatoms. The van der Waals surface area contributed by atoms with Crippen molar-refractivity contribution in [2.24, 2.45) is 0 Å². The van der Waals surface area contributed by atoms with Gasteiger partial charge < -0.3 is 10.4 Å². The topological polar surface area (TPSA) is 101 Å². The molecule has 0 radical (unpaired) electrons. The van der Waals surface area contributed by atoms with Crippen LogP contribution in [-0.2, 0) is 22.6 Å². The van der Waals surface area contributed by atoms with Crippen LogP contribution < -0.4 is 10.9 Å². The van der Waals surface area contributed by atoms with Gasteiger partial charge in [-0.1, -0.05) is 6.92 Å². The number of hydrogen-bond acceptors (Lipinski definition) is 5. The van der Waals surface area contributed by atoms with Crippen molar-refractivity contribution >= 4 is 33.4 Å². The largest absolute Gasteiger partial charge is 0.481 e. The highest BCUT2D eigenvalue weighted by Gasteiger charge is 2.09. The van der Waals surface area contributed by atoms with Gasteiger partial charge in [0.05, 0.1) is 18.1 Å². The van der Waals surface area contributed by atoms with E-state index in [1.54, 1.807) is 0 Å². The van der Waals surface area contributed by atoms with Crippen molar-refractivity contribution in [3.05, 3.63) is 27.6 Å². The molecule has 2 N–H and O–H groups in total. The molecule has 0 saturated carbocycles. The molecule has 0 unspecified atom stereocenters. The summed E-state index contributed by atoms with van der Waals surface area (Å²) in [6, 6.07) is 1.85. The number of aromatic nitrogens is 2. The number of nitrogens with zero attached hydrogens (tertiary/aromatic N) is 2. The summed E-state index contributed by atoms with van der Waals surface area (Å²) in [6.45, 7) is 2.33. The summed E-state index contributed by atoms with van der Waals surface area (Å²) in [7, 11) is 0. The second-order valence-corrected chi connectivity index (χ2v) is 5.89. The van der Waals surface area contributed by atoms with Gasteiger partial charge in [0.25, 0.3) is 5.56 Å². The Morgan fingerprint density at radius 1 is 1.41 bits per heavy atom. The van der Waals surface area contributed by atoms with E-state index in [2.05, 4.69) is 10.3 Å². The summed E-state index contributed by atoms with van der Waals surface area (Å²) in [5.41, 5.74) is -0.153. The Morgan fingerprint density at radius 3 is 2.86 bits per heavy atom. The first-order valence-electron chi connectivity index (χ1n) is 6.97. The number of fused-ring (bicyclic) bond motifs is 1. The van der Waals surface area contributed by atoms with E-state index in [0.717, 1.165) is 11.3 Å². The summed E-state index contributed by atoms with van der Waals surface area (Å²) in [6.07, 6.45) is 2.29. The van der Waals surface area contributed by atoms with Crippen LogP contribution in [0.5, 0.6) is 0 Å². The fraction of sp³-hybridized carbons (Fsp3) is 0.429. The molecular weight excluding hydrogens is 306 g/mol. The molecule has 0 saturated heterocycles. The van der Waals surface area contributed by atoms with Crippen LogP contribution in [0.4, 0.5) is 0 Å². The molecule has 0 aliphatic rings. The Balaban J connectivity index is 1.99. The Bertz CT molecular complexity index is 750. The first kappa shape index (κ1) is 16.2. The number of carboxylic acid groups (broad SMARTS) is 1. The van der Waals surface area contributed by atoms with Crippen LogP contribution in [0, 0.1) is 0 Å². The first-order valence-corrected chi connectivity index (χ1v) is 7.79. The highest BCUT2D eigenvalue weighted by Crippen LogP contribution is 2.20. The lowest BCUT2D eigenvalue weighted by atomic mass is 10.3. The molecule has 0 aliphatic heterocycles. The molecule has 2 rings (SSSR count). The van der Waals surface area contributed by atoms with Crippen molar-refractivity contribution in [1.29, 1.82) is 0 Å². The lowest BCUT2D eigenvalue weighted by molar-refractivity contribution is -0.136. The van der Waals surface area contributed by atoms with E-state index >= 15 is 0 Å². The number of carbonyl (C=O) groups excluding carboxylic acids is 1. The van der Waals surface area contributed by atoms with Crippen molar-refractivity contribution in [3.63, 3.8) is 0 Å². The molecule has 0 aliphatic carbocycles. The summed E-state index contributed by atoms with van der Waals surface area (Å²) in [5.74, 6) is -1.25. The molecule has 2 heterocycles. The fourth-order valence-electron chi connectivity index (χ4n) is 1.96. The van der Waals surface area contributed by atoms with E-state index in [4.69, 9.17) is 5.11 Å². The molecule has 0 bridgehead atoms. The van der Waals surface area contributed by atoms with Gasteiger partial charge in [0.15, 0.2) is 0 Å². The summed E-state index contributed by atoms with van der Waals surface area (Å²) in [4.78, 5) is 40.3. The van der Waals surface area contributed by atoms with Crippen LogP contribution in [-0.4, -0.2) is 33.1 Å². The number of aliphatic carboxylic acids is 1. The Kier molecular flexibility index (Phi) is 5.26. The molecule has 7 nitrogen and oxygen atoms in total. The zero-order valence-corrected chi connectivity index (χ0v) is 13.0. The Morgan fingerprint density at radius 2 is 2.18 bits per heavy atom. The molecule has 0 atom stereocenters. The summed E-state index contributed by atoms with van der Waals surface area (Å²) < 4.78 is 1.41. The van der Waals surface area contributed by atoms with E-state index in [0.29, 0.717) is 10.2 Å². The Hall–Kier alpha value is -2.22. The minimum absolute atomic E-state index is 0.0880. The SMILES string of the molecule is CCc1cc2c(=O)n(CCC(=O)NCCC(=O)O)cnc2s1. The van der Waals surface area contributed by atoms with Gasteiger partial charge in [-0.15, -0.1) is 11.3 Å². The fourth-order valence-corrected chi connectivity index (χ4v) is 2.89. The molecule has 2 aromatic rings. The van der Waals surface area contributed by atoms with E-state index in [9.17, 15) is 14.4 Å². The number of carbonyl (C=O) groups is 2. The smallest absolute Gasteiger partial charge is 0.305 e. The zero-order chi connectivity index (χ0) is 16.1. The second kappa shape index (κ2) is 7.17. The predicted octanol–water partition coefficient (Wildman–Crippen LogP) is 1.00. The lowest BCUT2D eigenvalue weighted by Crippen LogP contribution is -2.29. The van der Waals surface area contributed by atoms with Gasteiger partial charge >= 0.3 is 5.97 Å². The number of aryl methyl sites for hydroxylation is 2. The maximum absolute atomic E-state index is 12.3. The number of amides is 1. The molecule has 0 spiro atoms. The third-order valence-corrected chi connectivity index (χ3v) is 4.35. The normalized spacial score (nSPS) is 10.8. The molecule has 1 amide bonds. The second-order valence-electron chi connectivity index (χ2n) is 4.77. The van der Waals surface area contributed by atoms with E-state index in [1.165, 1.54) is 22.2 Å². The van der Waals surface area contributed by atoms with Crippen LogP contribution >= 0.6 is 11.3 Å². The number of rotatable bonds is 7. The van der Waals surface area contributed by atoms with Crippen LogP contribution in [0.25, 0.3) is 10.2 Å². The van der Waals surface area contributed by atoms with Crippen molar-refractivity contribution in [2.75, 3.05) is 6.54 Å². The van der Waals surface area contributed by atoms with Gasteiger partial charge in [0.2, 0.25) is 5.91 Å². The molecular formula is C14H17N3O4S. The highest BCUT2D eigenvalue weighted by atomic mass is 32.1. The quantitative estimate of drug-likeness (QED) is 0.791. The van der Waals surface area contributed by atoms with E-state index in [1.807, 2.05) is 13.0 Å². The summed E-state index contributed by atoms with van der Waals surface area (Å²) >= 11 is 1.50. The molecule has 118 valence electrons. The number of carboxylic acids is 1. The standard InChI is InChI=1S/C14H17N3O4S/c1-2-9-7-10-13(22-9)16-8-17(14(10)21)6-4-11(18)15-5-3-12(19)20/h7-8H,2-6H2,1H3,(H,15,18)(H,19,20). The summed E-state index contributed by atoms with van der Waals surface area (Å²) in [5, 5.41) is 11.6. The maximum atomic E-state index is 12.3. The van der Waals surface area contributed by atoms with Gasteiger partial charge in [-0.2, -0.15) is 0 Å². The highest BCUT2D eigenvalue weighted by molar-refractivity contribution is 7.18. The predicted molar refractivity (Wildman–Crippen MR) is 83.1 cm³/mol. The average Bonchev–Trinajstić information content (AvgIpc) is 2.90. The van der Waals surface area contributed by atoms with E-state index in [-0.39, 0.29) is 37.4 Å². The monoisotopic (exact) mass is 323 g/mol. The third-order valence-electron chi connectivity index (χ3n) is 3.16. The van der Waals surface area contributed by atoms with Gasteiger partial charge in [-0.05, 0) is 12.5 Å². The number of thiophene rings is 1. The van der Waals surface area contributed by atoms with Crippen molar-refractivity contribution < 1.29 is 14.7 Å². The average molecular weight is 323 g/mol. The van der Waals surface area contributed by atoms with Gasteiger partial charge in [0, 0.05) is 24.4 Å². The molecule has 2 aromatic heterocycles. The van der Waals surface area contributed by atoms with Crippen LogP contribution in [0.1, 0.15) is 24.6 Å². The minimum Gasteiger partial charge on any atom is -0.481 e. The van der Waals surface area contributed by atoms with Crippen molar-refractivity contribution in [2.45, 2.75) is 32.7 Å². The molecule has 22 heavy (non-hydrogen) atoms. The third kappa shape index (κ3) is 3.91. The maximum Gasteiger partial charge on any atom is 0.305 e. The lowest BCUT2D eigenvalue weighted by Gasteiger charge is -2.06. The van der Waals surface area contributed by atoms with Gasteiger partial charge in [0.1, 0.15) is 4.83 Å². The van der Waals surface area contributed by atoms with Crippen LogP contribution in [0.3, 0.4) is 0 Å². The van der Waals surface area contributed by atoms with Crippen LogP contribution in [0.15, 0.2) is 17.2 Å². The van der Waals surface area contributed by atoms with E-state index < -0.39 is 5.97 Å². The van der Waals surface area contributed by atoms with Gasteiger partial charge in [-0.3, -0.25) is 19.0 Å². The Labute approximate surface area is 130 Å². The van der Waals surface area contributed by atoms with Gasteiger partial charge in [-0.25, -0.2) is 4.98 Å². The minimum atomic E-state index is -0.963. The number of hydrogen-bond donors (Lipinski definition) is 2. The van der Waals surface area contributed by atoms with Crippen molar-refractivity contribution in [3.8, 4) is 0 Å². The molecule has 0 aromatic carbocycles. The van der Waals surface area contributed by atoms with Crippen molar-refractivity contribution in [1.82, 2.24) is 14.9 Å². The van der Waals surface area contributed by atoms with Crippen LogP contribution in [0.2, 0.25) is 0 Å².